The van der Waals surface area contributed by atoms with Crippen molar-refractivity contribution in [2.75, 3.05) is 6.54 Å². The SMILES string of the molecule is NCC(O)Cc1c(O)cc(O)cc1O. The quantitative estimate of drug-likeness (QED) is 0.458. The predicted molar refractivity (Wildman–Crippen MR) is 50.2 cm³/mol. The molecule has 0 radical (unpaired) electrons. The van der Waals surface area contributed by atoms with Crippen LogP contribution in [0.25, 0.3) is 0 Å². The first-order chi connectivity index (χ1) is 6.54. The molecule has 78 valence electrons. The van der Waals surface area contributed by atoms with Gasteiger partial charge in [-0.25, -0.2) is 0 Å². The zero-order valence-corrected chi connectivity index (χ0v) is 7.51. The summed E-state index contributed by atoms with van der Waals surface area (Å²) in [6, 6.07) is 2.19. The zero-order valence-electron chi connectivity index (χ0n) is 7.51. The number of aromatic hydroxyl groups is 3. The lowest BCUT2D eigenvalue weighted by atomic mass is 10.1. The number of rotatable bonds is 3. The molecule has 0 aliphatic heterocycles. The van der Waals surface area contributed by atoms with Gasteiger partial charge in [-0.15, -0.1) is 0 Å². The second-order valence-electron chi connectivity index (χ2n) is 3.06. The maximum absolute atomic E-state index is 9.34. The van der Waals surface area contributed by atoms with Crippen molar-refractivity contribution in [1.29, 1.82) is 0 Å². The van der Waals surface area contributed by atoms with Crippen LogP contribution in [0.1, 0.15) is 5.56 Å². The van der Waals surface area contributed by atoms with Crippen LogP contribution in [0.4, 0.5) is 0 Å². The van der Waals surface area contributed by atoms with E-state index >= 15 is 0 Å². The molecule has 1 aromatic rings. The largest absolute Gasteiger partial charge is 0.508 e. The van der Waals surface area contributed by atoms with Crippen LogP contribution in [0.3, 0.4) is 0 Å². The van der Waals surface area contributed by atoms with E-state index in [1.807, 2.05) is 0 Å². The lowest BCUT2D eigenvalue weighted by Crippen LogP contribution is -2.22. The van der Waals surface area contributed by atoms with Crippen molar-refractivity contribution in [2.45, 2.75) is 12.5 Å². The van der Waals surface area contributed by atoms with Crippen molar-refractivity contribution < 1.29 is 20.4 Å². The molecule has 0 fully saturated rings. The Kier molecular flexibility index (Phi) is 3.16. The van der Waals surface area contributed by atoms with Gasteiger partial charge in [0, 0.05) is 30.7 Å². The number of hydrogen-bond donors (Lipinski definition) is 5. The van der Waals surface area contributed by atoms with Gasteiger partial charge in [0.25, 0.3) is 0 Å². The predicted octanol–water partition coefficient (Wildman–Crippen LogP) is -0.335. The van der Waals surface area contributed by atoms with Gasteiger partial charge in [-0.3, -0.25) is 0 Å². The molecule has 0 aliphatic carbocycles. The molecule has 0 aliphatic rings. The third-order valence-electron chi connectivity index (χ3n) is 1.90. The van der Waals surface area contributed by atoms with Gasteiger partial charge in [0.2, 0.25) is 0 Å². The summed E-state index contributed by atoms with van der Waals surface area (Å²) in [5, 5.41) is 36.9. The summed E-state index contributed by atoms with van der Waals surface area (Å²) >= 11 is 0. The lowest BCUT2D eigenvalue weighted by Gasteiger charge is -2.11. The summed E-state index contributed by atoms with van der Waals surface area (Å²) in [7, 11) is 0. The first kappa shape index (κ1) is 10.6. The fraction of sp³-hybridized carbons (Fsp3) is 0.333. The van der Waals surface area contributed by atoms with Gasteiger partial charge < -0.3 is 26.2 Å². The van der Waals surface area contributed by atoms with Crippen molar-refractivity contribution in [3.8, 4) is 17.2 Å². The molecule has 0 heterocycles. The molecule has 0 aromatic heterocycles. The Morgan fingerprint density at radius 1 is 1.14 bits per heavy atom. The van der Waals surface area contributed by atoms with E-state index in [0.29, 0.717) is 0 Å². The fourth-order valence-corrected chi connectivity index (χ4v) is 1.16. The van der Waals surface area contributed by atoms with Crippen LogP contribution in [0.5, 0.6) is 17.2 Å². The summed E-state index contributed by atoms with van der Waals surface area (Å²) in [6.45, 7) is 0.0414. The second-order valence-corrected chi connectivity index (χ2v) is 3.06. The van der Waals surface area contributed by atoms with E-state index in [4.69, 9.17) is 10.8 Å². The van der Waals surface area contributed by atoms with Crippen LogP contribution in [-0.2, 0) is 6.42 Å². The Bertz CT molecular complexity index is 304. The van der Waals surface area contributed by atoms with Gasteiger partial charge in [0.1, 0.15) is 17.2 Å². The van der Waals surface area contributed by atoms with Crippen LogP contribution in [0.2, 0.25) is 0 Å². The van der Waals surface area contributed by atoms with E-state index in [1.165, 1.54) is 0 Å². The average Bonchev–Trinajstić information content (AvgIpc) is 2.10. The summed E-state index contributed by atoms with van der Waals surface area (Å²) in [5.41, 5.74) is 5.37. The van der Waals surface area contributed by atoms with Gasteiger partial charge in [-0.05, 0) is 0 Å². The van der Waals surface area contributed by atoms with Crippen molar-refractivity contribution in [2.24, 2.45) is 5.73 Å². The third-order valence-corrected chi connectivity index (χ3v) is 1.90. The molecule has 6 N–H and O–H groups in total. The maximum atomic E-state index is 9.34. The van der Waals surface area contributed by atoms with Gasteiger partial charge in [-0.1, -0.05) is 0 Å². The molecule has 0 bridgehead atoms. The Morgan fingerprint density at radius 3 is 2.07 bits per heavy atom. The monoisotopic (exact) mass is 199 g/mol. The first-order valence-corrected chi connectivity index (χ1v) is 4.16. The Hall–Kier alpha value is -1.46. The minimum absolute atomic E-state index is 0.0414. The van der Waals surface area contributed by atoms with Gasteiger partial charge in [0.05, 0.1) is 6.10 Å². The van der Waals surface area contributed by atoms with Crippen molar-refractivity contribution in [1.82, 2.24) is 0 Å². The maximum Gasteiger partial charge on any atom is 0.126 e. The molecular weight excluding hydrogens is 186 g/mol. The zero-order chi connectivity index (χ0) is 10.7. The number of aliphatic hydroxyl groups excluding tert-OH is 1. The molecule has 0 amide bonds. The smallest absolute Gasteiger partial charge is 0.126 e. The van der Waals surface area contributed by atoms with Crippen LogP contribution in [0, 0.1) is 0 Å². The Labute approximate surface area is 81.0 Å². The van der Waals surface area contributed by atoms with Crippen molar-refractivity contribution in [3.05, 3.63) is 17.7 Å². The number of phenols is 3. The van der Waals surface area contributed by atoms with E-state index in [1.54, 1.807) is 0 Å². The summed E-state index contributed by atoms with van der Waals surface area (Å²) < 4.78 is 0. The highest BCUT2D eigenvalue weighted by atomic mass is 16.3. The number of hydrogen-bond acceptors (Lipinski definition) is 5. The lowest BCUT2D eigenvalue weighted by molar-refractivity contribution is 0.181. The number of phenolic OH excluding ortho intramolecular Hbond substituents is 3. The molecule has 14 heavy (non-hydrogen) atoms. The van der Waals surface area contributed by atoms with Gasteiger partial charge in [-0.2, -0.15) is 0 Å². The standard InChI is InChI=1S/C9H13NO4/c10-4-6(12)1-7-8(13)2-5(11)3-9(7)14/h2-3,6,11-14H,1,4,10H2. The number of nitrogens with two attached hydrogens (primary N) is 1. The van der Waals surface area contributed by atoms with Crippen molar-refractivity contribution in [3.63, 3.8) is 0 Å². The molecule has 0 spiro atoms. The van der Waals surface area contributed by atoms with Crippen LogP contribution in [0.15, 0.2) is 12.1 Å². The second kappa shape index (κ2) is 4.17. The molecule has 0 saturated carbocycles. The van der Waals surface area contributed by atoms with E-state index < -0.39 is 6.10 Å². The molecule has 1 aromatic carbocycles. The summed E-state index contributed by atoms with van der Waals surface area (Å²) in [4.78, 5) is 0. The van der Waals surface area contributed by atoms with Crippen LogP contribution < -0.4 is 5.73 Å². The van der Waals surface area contributed by atoms with E-state index in [-0.39, 0.29) is 35.8 Å². The number of aliphatic hydroxyl groups is 1. The van der Waals surface area contributed by atoms with Gasteiger partial charge >= 0.3 is 0 Å². The first-order valence-electron chi connectivity index (χ1n) is 4.16. The molecule has 0 saturated heterocycles. The number of benzene rings is 1. The molecule has 1 unspecified atom stereocenters. The van der Waals surface area contributed by atoms with Crippen LogP contribution in [-0.4, -0.2) is 33.1 Å². The fourth-order valence-electron chi connectivity index (χ4n) is 1.16. The molecule has 5 heteroatoms. The highest BCUT2D eigenvalue weighted by molar-refractivity contribution is 5.48. The summed E-state index contributed by atoms with van der Waals surface area (Å²) in [6.07, 6.45) is -0.773. The summed E-state index contributed by atoms with van der Waals surface area (Å²) in [5.74, 6) is -0.740. The molecular formula is C9H13NO4. The molecule has 1 atom stereocenters. The minimum Gasteiger partial charge on any atom is -0.508 e. The molecule has 5 nitrogen and oxygen atoms in total. The Morgan fingerprint density at radius 2 is 1.64 bits per heavy atom. The average molecular weight is 199 g/mol. The van der Waals surface area contributed by atoms with Crippen molar-refractivity contribution >= 4 is 0 Å². The highest BCUT2D eigenvalue weighted by Crippen LogP contribution is 2.32. The van der Waals surface area contributed by atoms with Gasteiger partial charge in [0.15, 0.2) is 0 Å². The third kappa shape index (κ3) is 2.27. The van der Waals surface area contributed by atoms with E-state index in [9.17, 15) is 15.3 Å². The normalized spacial score (nSPS) is 12.7. The molecule has 1 rings (SSSR count). The minimum atomic E-state index is -0.823. The highest BCUT2D eigenvalue weighted by Gasteiger charge is 2.13. The topological polar surface area (TPSA) is 107 Å². The van der Waals surface area contributed by atoms with Crippen LogP contribution >= 0.6 is 0 Å². The van der Waals surface area contributed by atoms with E-state index in [2.05, 4.69) is 0 Å². The van der Waals surface area contributed by atoms with E-state index in [0.717, 1.165) is 12.1 Å². The Balaban J connectivity index is 2.96.